The first-order valence-corrected chi connectivity index (χ1v) is 10.3. The van der Waals surface area contributed by atoms with Crippen LogP contribution in [0.15, 0.2) is 30.5 Å². The van der Waals surface area contributed by atoms with Crippen molar-refractivity contribution in [2.45, 2.75) is 32.9 Å². The summed E-state index contributed by atoms with van der Waals surface area (Å²) in [6.07, 6.45) is 2.37. The molecule has 1 N–H and O–H groups in total. The summed E-state index contributed by atoms with van der Waals surface area (Å²) < 4.78 is 12.5. The highest BCUT2D eigenvalue weighted by Crippen LogP contribution is 2.22. The molecule has 0 bridgehead atoms. The van der Waals surface area contributed by atoms with E-state index in [1.54, 1.807) is 21.7 Å². The Kier molecular flexibility index (Phi) is 7.59. The molecule has 0 radical (unpaired) electrons. The smallest absolute Gasteiger partial charge is 0.292 e. The zero-order chi connectivity index (χ0) is 21.5. The largest absolute Gasteiger partial charge is 0.379 e. The average Bonchev–Trinajstić information content (AvgIpc) is 3.11. The molecule has 30 heavy (non-hydrogen) atoms. The van der Waals surface area contributed by atoms with Crippen LogP contribution in [0.2, 0.25) is 0 Å². The molecule has 0 unspecified atom stereocenters. The molecule has 0 aliphatic carbocycles. The van der Waals surface area contributed by atoms with E-state index in [1.165, 1.54) is 0 Å². The number of carbonyl (C=O) groups excluding carboxylic acids is 3. The number of aromatic nitrogens is 1. The van der Waals surface area contributed by atoms with Crippen LogP contribution in [0.4, 0.5) is 0 Å². The van der Waals surface area contributed by atoms with E-state index >= 15 is 0 Å². The van der Waals surface area contributed by atoms with Gasteiger partial charge in [-0.1, -0.05) is 18.2 Å². The van der Waals surface area contributed by atoms with E-state index in [0.29, 0.717) is 56.8 Å². The third-order valence-electron chi connectivity index (χ3n) is 4.97. The van der Waals surface area contributed by atoms with Crippen LogP contribution < -0.4 is 5.32 Å². The minimum atomic E-state index is -0.651. The SMILES string of the molecule is CC(C)OCCCNC(=O)C(=O)c1cn(CC(=O)N2CCOCC2)c2ccccc12. The first-order valence-electron chi connectivity index (χ1n) is 10.3. The number of nitrogens with one attached hydrogen (secondary N) is 1. The number of para-hydroxylation sites is 1. The van der Waals surface area contributed by atoms with Gasteiger partial charge in [0.2, 0.25) is 5.91 Å². The summed E-state index contributed by atoms with van der Waals surface area (Å²) in [6.45, 7) is 7.08. The molecule has 3 rings (SSSR count). The molecular formula is C22H29N3O5. The number of amides is 2. The van der Waals surface area contributed by atoms with Crippen molar-refractivity contribution < 1.29 is 23.9 Å². The summed E-state index contributed by atoms with van der Waals surface area (Å²) in [5.41, 5.74) is 1.05. The molecule has 0 atom stereocenters. The Labute approximate surface area is 176 Å². The Hall–Kier alpha value is -2.71. The number of Topliss-reactive ketones (excluding diaryl/α,β-unsaturated/α-hetero) is 1. The molecule has 1 aliphatic rings. The molecule has 2 heterocycles. The van der Waals surface area contributed by atoms with Crippen LogP contribution in [0.3, 0.4) is 0 Å². The molecule has 8 nitrogen and oxygen atoms in total. The average molecular weight is 415 g/mol. The van der Waals surface area contributed by atoms with Gasteiger partial charge in [0, 0.05) is 43.3 Å². The summed E-state index contributed by atoms with van der Waals surface area (Å²) in [7, 11) is 0. The maximum absolute atomic E-state index is 12.8. The molecule has 8 heteroatoms. The fraction of sp³-hybridized carbons (Fsp3) is 0.500. The van der Waals surface area contributed by atoms with Crippen molar-refractivity contribution in [2.24, 2.45) is 0 Å². The third kappa shape index (κ3) is 5.46. The maximum atomic E-state index is 12.8. The Balaban J connectivity index is 1.69. The van der Waals surface area contributed by atoms with Gasteiger partial charge < -0.3 is 24.3 Å². The second-order valence-electron chi connectivity index (χ2n) is 7.54. The topological polar surface area (TPSA) is 89.9 Å². The van der Waals surface area contributed by atoms with Gasteiger partial charge >= 0.3 is 0 Å². The number of benzene rings is 1. The lowest BCUT2D eigenvalue weighted by molar-refractivity contribution is -0.135. The van der Waals surface area contributed by atoms with Crippen molar-refractivity contribution in [1.29, 1.82) is 0 Å². The van der Waals surface area contributed by atoms with E-state index in [4.69, 9.17) is 9.47 Å². The van der Waals surface area contributed by atoms with Crippen molar-refractivity contribution >= 4 is 28.5 Å². The summed E-state index contributed by atoms with van der Waals surface area (Å²) in [5.74, 6) is -1.29. The fourth-order valence-corrected chi connectivity index (χ4v) is 3.41. The fourth-order valence-electron chi connectivity index (χ4n) is 3.41. The van der Waals surface area contributed by atoms with Crippen molar-refractivity contribution in [3.8, 4) is 0 Å². The molecule has 1 aromatic carbocycles. The minimum Gasteiger partial charge on any atom is -0.379 e. The van der Waals surface area contributed by atoms with Gasteiger partial charge in [0.05, 0.1) is 24.9 Å². The van der Waals surface area contributed by atoms with Gasteiger partial charge in [-0.15, -0.1) is 0 Å². The molecule has 1 saturated heterocycles. The zero-order valence-electron chi connectivity index (χ0n) is 17.6. The van der Waals surface area contributed by atoms with E-state index in [9.17, 15) is 14.4 Å². The van der Waals surface area contributed by atoms with Crippen LogP contribution >= 0.6 is 0 Å². The molecule has 1 aliphatic heterocycles. The van der Waals surface area contributed by atoms with E-state index in [2.05, 4.69) is 5.32 Å². The normalized spacial score (nSPS) is 14.3. The van der Waals surface area contributed by atoms with E-state index < -0.39 is 11.7 Å². The maximum Gasteiger partial charge on any atom is 0.292 e. The number of fused-ring (bicyclic) bond motifs is 1. The van der Waals surface area contributed by atoms with Crippen molar-refractivity contribution in [2.75, 3.05) is 39.5 Å². The van der Waals surface area contributed by atoms with E-state index in [1.807, 2.05) is 32.0 Å². The first-order chi connectivity index (χ1) is 14.5. The second-order valence-corrected chi connectivity index (χ2v) is 7.54. The van der Waals surface area contributed by atoms with Crippen LogP contribution in [0.5, 0.6) is 0 Å². The van der Waals surface area contributed by atoms with Crippen molar-refractivity contribution in [3.63, 3.8) is 0 Å². The number of ether oxygens (including phenoxy) is 2. The van der Waals surface area contributed by atoms with Gasteiger partial charge in [-0.3, -0.25) is 14.4 Å². The van der Waals surface area contributed by atoms with Gasteiger partial charge in [-0.05, 0) is 26.3 Å². The van der Waals surface area contributed by atoms with Crippen molar-refractivity contribution in [1.82, 2.24) is 14.8 Å². The van der Waals surface area contributed by atoms with E-state index in [-0.39, 0.29) is 18.6 Å². The summed E-state index contributed by atoms with van der Waals surface area (Å²) in [5, 5.41) is 3.32. The van der Waals surface area contributed by atoms with Gasteiger partial charge in [0.1, 0.15) is 6.54 Å². The predicted octanol–water partition coefficient (Wildman–Crippen LogP) is 1.61. The lowest BCUT2D eigenvalue weighted by Gasteiger charge is -2.27. The number of morpholine rings is 1. The van der Waals surface area contributed by atoms with Gasteiger partial charge in [0.15, 0.2) is 0 Å². The zero-order valence-corrected chi connectivity index (χ0v) is 17.6. The summed E-state index contributed by atoms with van der Waals surface area (Å²) in [6, 6.07) is 7.30. The number of hydrogen-bond donors (Lipinski definition) is 1. The molecule has 162 valence electrons. The lowest BCUT2D eigenvalue weighted by Crippen LogP contribution is -2.42. The quantitative estimate of drug-likeness (QED) is 0.382. The molecule has 1 fully saturated rings. The molecule has 1 aromatic heterocycles. The van der Waals surface area contributed by atoms with E-state index in [0.717, 1.165) is 5.52 Å². The van der Waals surface area contributed by atoms with Crippen LogP contribution in [-0.4, -0.2) is 72.6 Å². The highest BCUT2D eigenvalue weighted by Gasteiger charge is 2.23. The Morgan fingerprint density at radius 1 is 1.17 bits per heavy atom. The molecule has 0 saturated carbocycles. The summed E-state index contributed by atoms with van der Waals surface area (Å²) in [4.78, 5) is 39.5. The molecule has 2 aromatic rings. The predicted molar refractivity (Wildman–Crippen MR) is 112 cm³/mol. The van der Waals surface area contributed by atoms with Crippen LogP contribution in [0.25, 0.3) is 10.9 Å². The summed E-state index contributed by atoms with van der Waals surface area (Å²) >= 11 is 0. The van der Waals surface area contributed by atoms with Gasteiger partial charge in [-0.25, -0.2) is 0 Å². The van der Waals surface area contributed by atoms with Crippen LogP contribution in [0.1, 0.15) is 30.6 Å². The van der Waals surface area contributed by atoms with Gasteiger partial charge in [-0.2, -0.15) is 0 Å². The Morgan fingerprint density at radius 2 is 1.90 bits per heavy atom. The molecule has 0 spiro atoms. The number of carbonyl (C=O) groups is 3. The minimum absolute atomic E-state index is 0.0346. The standard InChI is InChI=1S/C22H29N3O5/c1-16(2)30-11-5-8-23-22(28)21(27)18-14-25(19-7-4-3-6-17(18)19)15-20(26)24-9-12-29-13-10-24/h3-4,6-7,14,16H,5,8-13,15H2,1-2H3,(H,23,28). The second kappa shape index (κ2) is 10.4. The van der Waals surface area contributed by atoms with Crippen LogP contribution in [-0.2, 0) is 25.6 Å². The highest BCUT2D eigenvalue weighted by atomic mass is 16.5. The monoisotopic (exact) mass is 415 g/mol. The number of nitrogens with zero attached hydrogens (tertiary/aromatic N) is 2. The van der Waals surface area contributed by atoms with Crippen LogP contribution in [0, 0.1) is 0 Å². The first kappa shape index (κ1) is 22.0. The van der Waals surface area contributed by atoms with Crippen molar-refractivity contribution in [3.05, 3.63) is 36.0 Å². The Morgan fingerprint density at radius 3 is 2.63 bits per heavy atom. The Bertz CT molecular complexity index is 899. The lowest BCUT2D eigenvalue weighted by atomic mass is 10.1. The molecule has 2 amide bonds. The van der Waals surface area contributed by atoms with Gasteiger partial charge in [0.25, 0.3) is 11.7 Å². The number of ketones is 1. The number of rotatable bonds is 9. The molecular weight excluding hydrogens is 386 g/mol. The third-order valence-corrected chi connectivity index (χ3v) is 4.97. The highest BCUT2D eigenvalue weighted by molar-refractivity contribution is 6.45. The number of hydrogen-bond acceptors (Lipinski definition) is 5.